The molecule has 1 N–H and O–H groups in total. The normalized spacial score (nSPS) is 11.9. The van der Waals surface area contributed by atoms with Crippen molar-refractivity contribution < 1.29 is 23.4 Å². The van der Waals surface area contributed by atoms with Gasteiger partial charge in [0, 0.05) is 11.6 Å². The van der Waals surface area contributed by atoms with Gasteiger partial charge in [0.25, 0.3) is 0 Å². The van der Waals surface area contributed by atoms with E-state index < -0.39 is 23.7 Å². The molecule has 0 fully saturated rings. The molecule has 3 nitrogen and oxygen atoms in total. The lowest BCUT2D eigenvalue weighted by Gasteiger charge is -2.16. The van der Waals surface area contributed by atoms with Crippen LogP contribution in [0.15, 0.2) is 48.5 Å². The Hall–Kier alpha value is -2.43. The Morgan fingerprint density at radius 1 is 1.11 bits per heavy atom. The summed E-state index contributed by atoms with van der Waals surface area (Å²) < 4.78 is 31.7. The Labute approximate surface area is 108 Å². The summed E-state index contributed by atoms with van der Waals surface area (Å²) in [6, 6.07) is 10.4. The third-order valence-corrected chi connectivity index (χ3v) is 2.46. The molecule has 0 aromatic heterocycles. The highest BCUT2D eigenvalue weighted by Gasteiger charge is 2.25. The molecular weight excluding hydrogens is 254 g/mol. The van der Waals surface area contributed by atoms with E-state index in [0.717, 1.165) is 12.1 Å². The van der Waals surface area contributed by atoms with Gasteiger partial charge in [0.05, 0.1) is 0 Å². The monoisotopic (exact) mass is 264 g/mol. The van der Waals surface area contributed by atoms with Crippen molar-refractivity contribution in [1.82, 2.24) is 0 Å². The molecule has 0 aliphatic rings. The Kier molecular flexibility index (Phi) is 3.75. The molecule has 2 aromatic carbocycles. The number of carbonyl (C=O) groups is 1. The van der Waals surface area contributed by atoms with Crippen molar-refractivity contribution in [3.05, 3.63) is 65.7 Å². The largest absolute Gasteiger partial charge is 0.478 e. The van der Waals surface area contributed by atoms with Gasteiger partial charge in [-0.15, -0.1) is 0 Å². The summed E-state index contributed by atoms with van der Waals surface area (Å²) in [5.41, 5.74) is -0.112. The third kappa shape index (κ3) is 3.07. The molecule has 1 unspecified atom stereocenters. The van der Waals surface area contributed by atoms with Gasteiger partial charge in [0.1, 0.15) is 17.4 Å². The van der Waals surface area contributed by atoms with E-state index in [1.807, 2.05) is 0 Å². The lowest BCUT2D eigenvalue weighted by molar-refractivity contribution is -0.145. The van der Waals surface area contributed by atoms with Crippen LogP contribution in [0.4, 0.5) is 8.78 Å². The van der Waals surface area contributed by atoms with Crippen LogP contribution in [0.1, 0.15) is 11.7 Å². The minimum absolute atomic E-state index is 0.0238. The fourth-order valence-corrected chi connectivity index (χ4v) is 1.61. The van der Waals surface area contributed by atoms with Gasteiger partial charge < -0.3 is 9.84 Å². The van der Waals surface area contributed by atoms with Crippen molar-refractivity contribution in [3.63, 3.8) is 0 Å². The molecule has 0 aliphatic heterocycles. The molecule has 0 saturated carbocycles. The van der Waals surface area contributed by atoms with Gasteiger partial charge in [-0.2, -0.15) is 0 Å². The van der Waals surface area contributed by atoms with Crippen LogP contribution in [0.3, 0.4) is 0 Å². The highest BCUT2D eigenvalue weighted by molar-refractivity contribution is 5.75. The van der Waals surface area contributed by atoms with Gasteiger partial charge in [0.15, 0.2) is 0 Å². The summed E-state index contributed by atoms with van der Waals surface area (Å²) in [6.45, 7) is 0. The summed E-state index contributed by atoms with van der Waals surface area (Å²) in [5.74, 6) is -2.58. The van der Waals surface area contributed by atoms with Gasteiger partial charge in [-0.25, -0.2) is 13.6 Å². The summed E-state index contributed by atoms with van der Waals surface area (Å²) in [7, 11) is 0. The molecule has 98 valence electrons. The van der Waals surface area contributed by atoms with E-state index in [0.29, 0.717) is 0 Å². The maximum Gasteiger partial charge on any atom is 0.349 e. The van der Waals surface area contributed by atoms with Gasteiger partial charge in [0.2, 0.25) is 6.10 Å². The first kappa shape index (κ1) is 13.0. The minimum atomic E-state index is -1.52. The zero-order valence-corrected chi connectivity index (χ0v) is 9.72. The zero-order valence-electron chi connectivity index (χ0n) is 9.72. The summed E-state index contributed by atoms with van der Waals surface area (Å²) in [4.78, 5) is 11.2. The fraction of sp³-hybridized carbons (Fsp3) is 0.0714. The molecule has 0 heterocycles. The van der Waals surface area contributed by atoms with Crippen molar-refractivity contribution in [2.75, 3.05) is 0 Å². The fourth-order valence-electron chi connectivity index (χ4n) is 1.61. The van der Waals surface area contributed by atoms with Gasteiger partial charge in [-0.05, 0) is 18.2 Å². The van der Waals surface area contributed by atoms with Crippen molar-refractivity contribution in [3.8, 4) is 5.75 Å². The van der Waals surface area contributed by atoms with Crippen LogP contribution in [0.2, 0.25) is 0 Å². The topological polar surface area (TPSA) is 46.5 Å². The molecule has 5 heteroatoms. The average molecular weight is 264 g/mol. The second-order valence-electron chi connectivity index (χ2n) is 3.82. The number of carboxylic acid groups (broad SMARTS) is 1. The number of aliphatic carboxylic acids is 1. The Balaban J connectivity index is 2.32. The first-order valence-corrected chi connectivity index (χ1v) is 5.47. The predicted octanol–water partition coefficient (Wildman–Crippen LogP) is 3.17. The van der Waals surface area contributed by atoms with E-state index >= 15 is 0 Å². The van der Waals surface area contributed by atoms with Gasteiger partial charge in [-0.1, -0.05) is 24.3 Å². The first-order valence-electron chi connectivity index (χ1n) is 5.47. The van der Waals surface area contributed by atoms with E-state index in [2.05, 4.69) is 0 Å². The van der Waals surface area contributed by atoms with Crippen LogP contribution in [0.5, 0.6) is 5.75 Å². The highest BCUT2D eigenvalue weighted by atomic mass is 19.1. The second-order valence-corrected chi connectivity index (χ2v) is 3.82. The Bertz CT molecular complexity index is 599. The molecule has 0 amide bonds. The SMILES string of the molecule is O=C(O)C(Oc1cccc(F)c1)c1ccccc1F. The summed E-state index contributed by atoms with van der Waals surface area (Å²) in [6.07, 6.45) is -1.52. The molecule has 2 aromatic rings. The van der Waals surface area contributed by atoms with Crippen molar-refractivity contribution in [2.45, 2.75) is 6.10 Å². The molecule has 19 heavy (non-hydrogen) atoms. The molecule has 0 aliphatic carbocycles. The molecule has 2 rings (SSSR count). The number of hydrogen-bond acceptors (Lipinski definition) is 2. The summed E-state index contributed by atoms with van der Waals surface area (Å²) in [5, 5.41) is 9.10. The van der Waals surface area contributed by atoms with Crippen LogP contribution >= 0.6 is 0 Å². The van der Waals surface area contributed by atoms with Crippen LogP contribution in [0.25, 0.3) is 0 Å². The van der Waals surface area contributed by atoms with E-state index in [9.17, 15) is 13.6 Å². The first-order chi connectivity index (χ1) is 9.08. The highest BCUT2D eigenvalue weighted by Crippen LogP contribution is 2.24. The number of halogens is 2. The average Bonchev–Trinajstić information content (AvgIpc) is 2.37. The number of hydrogen-bond donors (Lipinski definition) is 1. The van der Waals surface area contributed by atoms with Crippen LogP contribution in [0, 0.1) is 11.6 Å². The lowest BCUT2D eigenvalue weighted by atomic mass is 10.1. The van der Waals surface area contributed by atoms with Crippen LogP contribution in [-0.2, 0) is 4.79 Å². The standard InChI is InChI=1S/C14H10F2O3/c15-9-4-3-5-10(8-9)19-13(14(17)18)11-6-1-2-7-12(11)16/h1-8,13H,(H,17,18). The Morgan fingerprint density at radius 2 is 1.84 bits per heavy atom. The predicted molar refractivity (Wildman–Crippen MR) is 63.8 cm³/mol. The molecule has 0 spiro atoms. The van der Waals surface area contributed by atoms with Crippen molar-refractivity contribution in [1.29, 1.82) is 0 Å². The Morgan fingerprint density at radius 3 is 2.47 bits per heavy atom. The van der Waals surface area contributed by atoms with E-state index in [1.54, 1.807) is 0 Å². The smallest absolute Gasteiger partial charge is 0.349 e. The quantitative estimate of drug-likeness (QED) is 0.922. The van der Waals surface area contributed by atoms with Crippen molar-refractivity contribution >= 4 is 5.97 Å². The van der Waals surface area contributed by atoms with E-state index in [1.165, 1.54) is 36.4 Å². The van der Waals surface area contributed by atoms with Crippen LogP contribution < -0.4 is 4.74 Å². The molecule has 0 radical (unpaired) electrons. The number of benzene rings is 2. The van der Waals surface area contributed by atoms with E-state index in [4.69, 9.17) is 9.84 Å². The lowest BCUT2D eigenvalue weighted by Crippen LogP contribution is -2.19. The maximum atomic E-state index is 13.6. The summed E-state index contributed by atoms with van der Waals surface area (Å²) >= 11 is 0. The molecule has 1 atom stereocenters. The minimum Gasteiger partial charge on any atom is -0.478 e. The molecular formula is C14H10F2O3. The number of carboxylic acids is 1. The number of ether oxygens (including phenoxy) is 1. The number of rotatable bonds is 4. The van der Waals surface area contributed by atoms with E-state index in [-0.39, 0.29) is 11.3 Å². The molecule has 0 saturated heterocycles. The maximum absolute atomic E-state index is 13.6. The van der Waals surface area contributed by atoms with Gasteiger partial charge in [-0.3, -0.25) is 0 Å². The van der Waals surface area contributed by atoms with Crippen molar-refractivity contribution in [2.24, 2.45) is 0 Å². The third-order valence-electron chi connectivity index (χ3n) is 2.46. The molecule has 0 bridgehead atoms. The van der Waals surface area contributed by atoms with Crippen LogP contribution in [-0.4, -0.2) is 11.1 Å². The van der Waals surface area contributed by atoms with Gasteiger partial charge >= 0.3 is 5.97 Å². The zero-order chi connectivity index (χ0) is 13.8. The second kappa shape index (κ2) is 5.48.